The first kappa shape index (κ1) is 30.8. The average molecular weight is 656 g/mol. The van der Waals surface area contributed by atoms with E-state index in [4.69, 9.17) is 23.2 Å². The summed E-state index contributed by atoms with van der Waals surface area (Å²) in [7, 11) is -4.23. The van der Waals surface area contributed by atoms with Crippen molar-refractivity contribution >= 4 is 77.5 Å². The molecule has 0 heterocycles. The Kier molecular flexibility index (Phi) is 7.94. The Hall–Kier alpha value is -4.23. The Morgan fingerprint density at radius 3 is 1.98 bits per heavy atom. The highest BCUT2D eigenvalue weighted by molar-refractivity contribution is 7.93. The van der Waals surface area contributed by atoms with Gasteiger partial charge in [0.1, 0.15) is 0 Å². The number of rotatable bonds is 6. The van der Waals surface area contributed by atoms with Crippen molar-refractivity contribution < 1.29 is 13.5 Å². The topological polar surface area (TPSA) is 69.6 Å². The van der Waals surface area contributed by atoms with Gasteiger partial charge < -0.3 is 10.4 Å². The van der Waals surface area contributed by atoms with Gasteiger partial charge in [-0.25, -0.2) is 12.7 Å². The third-order valence-corrected chi connectivity index (χ3v) is 10.2. The summed E-state index contributed by atoms with van der Waals surface area (Å²) in [4.78, 5) is 0.107. The number of nitrogens with one attached hydrogen (secondary N) is 1. The first-order valence-corrected chi connectivity index (χ1v) is 16.7. The van der Waals surface area contributed by atoms with Crippen LogP contribution >= 0.6 is 23.2 Å². The van der Waals surface area contributed by atoms with Gasteiger partial charge >= 0.3 is 0 Å². The molecule has 0 amide bonds. The number of aryl methyl sites for hydroxylation is 1. The summed E-state index contributed by atoms with van der Waals surface area (Å²) in [6, 6.07) is 33.7. The van der Waals surface area contributed by atoms with Crippen LogP contribution in [0, 0.1) is 6.92 Å². The second kappa shape index (κ2) is 11.6. The molecule has 0 unspecified atom stereocenters. The second-order valence-electron chi connectivity index (χ2n) is 12.1. The molecule has 5 nitrogen and oxygen atoms in total. The molecule has 6 aromatic carbocycles. The van der Waals surface area contributed by atoms with E-state index in [0.717, 1.165) is 38.7 Å². The minimum absolute atomic E-state index is 0.0576. The predicted molar refractivity (Wildman–Crippen MR) is 189 cm³/mol. The van der Waals surface area contributed by atoms with Crippen molar-refractivity contribution in [3.8, 4) is 5.75 Å². The molecule has 45 heavy (non-hydrogen) atoms. The molecule has 228 valence electrons. The van der Waals surface area contributed by atoms with Gasteiger partial charge in [0.2, 0.25) is 0 Å². The van der Waals surface area contributed by atoms with Gasteiger partial charge in [0.25, 0.3) is 10.0 Å². The first-order chi connectivity index (χ1) is 21.3. The lowest BCUT2D eigenvalue weighted by molar-refractivity contribution is 0.476. The number of sulfonamides is 1. The van der Waals surface area contributed by atoms with Crippen molar-refractivity contribution in [1.82, 2.24) is 0 Å². The number of fused-ring (bicyclic) bond motifs is 2. The quantitative estimate of drug-likeness (QED) is 0.187. The third kappa shape index (κ3) is 5.82. The SMILES string of the molecule is Cc1ccc(S(=O)(=O)N(c2cc(Cl)c(O)c(Cl)c2)c2c(C(C)(C)C)cc(Nc3ccc4ccccc4c3)c3ccccc23)cc1. The molecule has 0 bridgehead atoms. The summed E-state index contributed by atoms with van der Waals surface area (Å²) < 4.78 is 30.8. The number of hydrogen-bond acceptors (Lipinski definition) is 4. The van der Waals surface area contributed by atoms with E-state index in [-0.39, 0.29) is 26.4 Å². The van der Waals surface area contributed by atoms with E-state index in [1.807, 2.05) is 76.2 Å². The lowest BCUT2D eigenvalue weighted by atomic mass is 9.83. The summed E-state index contributed by atoms with van der Waals surface area (Å²) in [5, 5.41) is 17.7. The highest BCUT2D eigenvalue weighted by Gasteiger charge is 2.34. The maximum absolute atomic E-state index is 14.7. The van der Waals surface area contributed by atoms with Crippen LogP contribution in [-0.4, -0.2) is 13.5 Å². The molecule has 0 radical (unpaired) electrons. The maximum atomic E-state index is 14.7. The molecule has 0 saturated heterocycles. The average Bonchev–Trinajstić information content (AvgIpc) is 3.00. The van der Waals surface area contributed by atoms with Gasteiger partial charge in [-0.3, -0.25) is 0 Å². The molecule has 0 aromatic heterocycles. The Morgan fingerprint density at radius 2 is 1.33 bits per heavy atom. The van der Waals surface area contributed by atoms with E-state index in [1.54, 1.807) is 24.3 Å². The van der Waals surface area contributed by atoms with Crippen LogP contribution in [0.15, 0.2) is 114 Å². The number of aromatic hydroxyl groups is 1. The summed E-state index contributed by atoms with van der Waals surface area (Å²) in [6.07, 6.45) is 0. The second-order valence-corrected chi connectivity index (χ2v) is 14.7. The molecule has 6 rings (SSSR count). The highest BCUT2D eigenvalue weighted by Crippen LogP contribution is 2.48. The summed E-state index contributed by atoms with van der Waals surface area (Å²) >= 11 is 12.8. The largest absolute Gasteiger partial charge is 0.505 e. The normalized spacial score (nSPS) is 12.0. The molecule has 0 saturated carbocycles. The van der Waals surface area contributed by atoms with Gasteiger partial charge in [-0.2, -0.15) is 0 Å². The van der Waals surface area contributed by atoms with Crippen molar-refractivity contribution in [1.29, 1.82) is 0 Å². The Balaban J connectivity index is 1.66. The first-order valence-electron chi connectivity index (χ1n) is 14.5. The van der Waals surface area contributed by atoms with Gasteiger partial charge in [-0.05, 0) is 71.1 Å². The van der Waals surface area contributed by atoms with Crippen LogP contribution < -0.4 is 9.62 Å². The fourth-order valence-corrected chi connectivity index (χ4v) is 7.54. The summed E-state index contributed by atoms with van der Waals surface area (Å²) in [5.74, 6) is -0.314. The van der Waals surface area contributed by atoms with Crippen molar-refractivity contribution in [3.63, 3.8) is 0 Å². The molecule has 0 aliphatic carbocycles. The van der Waals surface area contributed by atoms with E-state index in [1.165, 1.54) is 16.4 Å². The fraction of sp³-hybridized carbons (Fsp3) is 0.135. The zero-order chi connectivity index (χ0) is 32.1. The van der Waals surface area contributed by atoms with Crippen LogP contribution in [0.4, 0.5) is 22.7 Å². The van der Waals surface area contributed by atoms with Gasteiger partial charge in [0.05, 0.1) is 26.3 Å². The molecule has 8 heteroatoms. The maximum Gasteiger partial charge on any atom is 0.268 e. The molecule has 6 aromatic rings. The molecule has 0 spiro atoms. The number of hydrogen-bond donors (Lipinski definition) is 2. The van der Waals surface area contributed by atoms with Gasteiger partial charge in [-0.1, -0.05) is 116 Å². The standard InChI is InChI=1S/C37H32Cl2N2O3S/c1-23-13-17-28(18-14-23)45(43,44)41(27-20-32(38)36(42)33(39)21-27)35-30-12-8-7-11-29(30)34(22-31(35)37(2,3)4)40-26-16-15-24-9-5-6-10-25(24)19-26/h5-22,40,42H,1-4H3. The number of phenolic OH excluding ortho intramolecular Hbond substituents is 1. The van der Waals surface area contributed by atoms with Crippen molar-refractivity contribution in [2.75, 3.05) is 9.62 Å². The van der Waals surface area contributed by atoms with Crippen LogP contribution in [0.25, 0.3) is 21.5 Å². The number of anilines is 4. The number of phenols is 1. The zero-order valence-corrected chi connectivity index (χ0v) is 27.6. The third-order valence-electron chi connectivity index (χ3n) is 7.85. The minimum Gasteiger partial charge on any atom is -0.505 e. The number of nitrogens with zero attached hydrogens (tertiary/aromatic N) is 1. The fourth-order valence-electron chi connectivity index (χ4n) is 5.55. The van der Waals surface area contributed by atoms with E-state index >= 15 is 0 Å². The van der Waals surface area contributed by atoms with Gasteiger partial charge in [0.15, 0.2) is 5.75 Å². The highest BCUT2D eigenvalue weighted by atomic mass is 35.5. The molecule has 0 atom stereocenters. The van der Waals surface area contributed by atoms with E-state index < -0.39 is 15.4 Å². The predicted octanol–water partition coefficient (Wildman–Crippen LogP) is 10.9. The molecule has 2 N–H and O–H groups in total. The van der Waals surface area contributed by atoms with Crippen LogP contribution in [0.1, 0.15) is 31.9 Å². The molecular weight excluding hydrogens is 623 g/mol. The Morgan fingerprint density at radius 1 is 0.733 bits per heavy atom. The smallest absolute Gasteiger partial charge is 0.268 e. The Bertz CT molecular complexity index is 2170. The zero-order valence-electron chi connectivity index (χ0n) is 25.3. The van der Waals surface area contributed by atoms with Crippen LogP contribution in [0.5, 0.6) is 5.75 Å². The molecular formula is C37H32Cl2N2O3S. The van der Waals surface area contributed by atoms with Crippen molar-refractivity contribution in [2.24, 2.45) is 0 Å². The van der Waals surface area contributed by atoms with E-state index in [9.17, 15) is 13.5 Å². The lowest BCUT2D eigenvalue weighted by Crippen LogP contribution is -2.29. The lowest BCUT2D eigenvalue weighted by Gasteiger charge is -2.33. The van der Waals surface area contributed by atoms with E-state index in [2.05, 4.69) is 29.6 Å². The molecule has 0 aliphatic heterocycles. The van der Waals surface area contributed by atoms with Crippen molar-refractivity contribution in [2.45, 2.75) is 38.0 Å². The number of halogens is 2. The van der Waals surface area contributed by atoms with E-state index in [0.29, 0.717) is 11.1 Å². The van der Waals surface area contributed by atoms with Gasteiger partial charge in [0, 0.05) is 22.1 Å². The molecule has 0 aliphatic rings. The van der Waals surface area contributed by atoms with Gasteiger partial charge in [-0.15, -0.1) is 0 Å². The van der Waals surface area contributed by atoms with Crippen molar-refractivity contribution in [3.05, 3.63) is 130 Å². The van der Waals surface area contributed by atoms with Crippen LogP contribution in [0.3, 0.4) is 0 Å². The van der Waals surface area contributed by atoms with Crippen LogP contribution in [0.2, 0.25) is 10.0 Å². The summed E-state index contributed by atoms with van der Waals surface area (Å²) in [5.41, 5.74) is 3.62. The Labute approximate surface area is 273 Å². The number of benzene rings is 6. The molecule has 0 fully saturated rings. The van der Waals surface area contributed by atoms with Crippen LogP contribution in [-0.2, 0) is 15.4 Å². The summed E-state index contributed by atoms with van der Waals surface area (Å²) in [6.45, 7) is 8.05. The monoisotopic (exact) mass is 654 g/mol. The minimum atomic E-state index is -4.23.